The Morgan fingerprint density at radius 1 is 1.64 bits per heavy atom. The maximum atomic E-state index is 4.14. The van der Waals surface area contributed by atoms with Crippen LogP contribution in [0.2, 0.25) is 0 Å². The van der Waals surface area contributed by atoms with Crippen molar-refractivity contribution in [2.75, 3.05) is 6.54 Å². The standard InChI is InChI=1S/C11H19N3/c1-9(2)5-6-12-10(3)11-7-13-14(4)8-11/h5,7-8,10,12H,6H2,1-4H3. The third kappa shape index (κ3) is 3.34. The molecule has 3 heteroatoms. The fourth-order valence-corrected chi connectivity index (χ4v) is 1.22. The van der Waals surface area contributed by atoms with Crippen molar-refractivity contribution >= 4 is 0 Å². The number of allylic oxidation sites excluding steroid dienone is 1. The van der Waals surface area contributed by atoms with E-state index in [0.29, 0.717) is 6.04 Å². The van der Waals surface area contributed by atoms with Gasteiger partial charge in [0.2, 0.25) is 0 Å². The van der Waals surface area contributed by atoms with Gasteiger partial charge in [-0.05, 0) is 20.8 Å². The highest BCUT2D eigenvalue weighted by Crippen LogP contribution is 2.09. The van der Waals surface area contributed by atoms with Crippen molar-refractivity contribution in [2.24, 2.45) is 7.05 Å². The summed E-state index contributed by atoms with van der Waals surface area (Å²) in [5, 5.41) is 7.56. The lowest BCUT2D eigenvalue weighted by atomic mass is 10.2. The monoisotopic (exact) mass is 193 g/mol. The zero-order valence-electron chi connectivity index (χ0n) is 9.41. The summed E-state index contributed by atoms with van der Waals surface area (Å²) in [5.74, 6) is 0. The van der Waals surface area contributed by atoms with E-state index < -0.39 is 0 Å². The predicted octanol–water partition coefficient (Wildman–Crippen LogP) is 2.04. The number of nitrogens with zero attached hydrogens (tertiary/aromatic N) is 2. The maximum absolute atomic E-state index is 4.14. The molecule has 1 heterocycles. The van der Waals surface area contributed by atoms with Crippen LogP contribution in [-0.4, -0.2) is 16.3 Å². The van der Waals surface area contributed by atoms with E-state index in [0.717, 1.165) is 6.54 Å². The summed E-state index contributed by atoms with van der Waals surface area (Å²) >= 11 is 0. The number of aromatic nitrogens is 2. The molecule has 0 fully saturated rings. The van der Waals surface area contributed by atoms with Gasteiger partial charge >= 0.3 is 0 Å². The minimum absolute atomic E-state index is 0.360. The van der Waals surface area contributed by atoms with Gasteiger partial charge in [0.25, 0.3) is 0 Å². The van der Waals surface area contributed by atoms with E-state index in [1.54, 1.807) is 0 Å². The lowest BCUT2D eigenvalue weighted by Gasteiger charge is -2.09. The molecule has 0 aromatic carbocycles. The van der Waals surface area contributed by atoms with Crippen LogP contribution < -0.4 is 5.32 Å². The van der Waals surface area contributed by atoms with Crippen LogP contribution in [0.4, 0.5) is 0 Å². The molecule has 78 valence electrons. The summed E-state index contributed by atoms with van der Waals surface area (Å²) in [7, 11) is 1.94. The lowest BCUT2D eigenvalue weighted by molar-refractivity contribution is 0.615. The van der Waals surface area contributed by atoms with Crippen molar-refractivity contribution in [2.45, 2.75) is 26.8 Å². The molecule has 3 nitrogen and oxygen atoms in total. The van der Waals surface area contributed by atoms with Crippen molar-refractivity contribution < 1.29 is 0 Å². The second-order valence-corrected chi connectivity index (χ2v) is 3.86. The fraction of sp³-hybridized carbons (Fsp3) is 0.545. The Kier molecular flexibility index (Phi) is 3.89. The Morgan fingerprint density at radius 2 is 2.36 bits per heavy atom. The number of nitrogens with one attached hydrogen (secondary N) is 1. The van der Waals surface area contributed by atoms with Crippen LogP contribution >= 0.6 is 0 Å². The van der Waals surface area contributed by atoms with E-state index in [4.69, 9.17) is 0 Å². The number of hydrogen-bond donors (Lipinski definition) is 1. The number of hydrogen-bond acceptors (Lipinski definition) is 2. The second-order valence-electron chi connectivity index (χ2n) is 3.86. The van der Waals surface area contributed by atoms with E-state index in [1.807, 2.05) is 24.1 Å². The minimum atomic E-state index is 0.360. The van der Waals surface area contributed by atoms with Crippen molar-refractivity contribution in [3.8, 4) is 0 Å². The molecule has 0 saturated carbocycles. The third-order valence-corrected chi connectivity index (χ3v) is 2.16. The highest BCUT2D eigenvalue weighted by molar-refractivity contribution is 5.09. The summed E-state index contributed by atoms with van der Waals surface area (Å²) in [6.45, 7) is 7.28. The van der Waals surface area contributed by atoms with Crippen LogP contribution in [0.15, 0.2) is 24.0 Å². The van der Waals surface area contributed by atoms with Crippen LogP contribution in [0, 0.1) is 0 Å². The van der Waals surface area contributed by atoms with Crippen LogP contribution in [-0.2, 0) is 7.05 Å². The van der Waals surface area contributed by atoms with E-state index in [1.165, 1.54) is 11.1 Å². The first-order valence-corrected chi connectivity index (χ1v) is 4.95. The molecule has 0 aliphatic carbocycles. The molecule has 1 N–H and O–H groups in total. The first kappa shape index (κ1) is 11.0. The average molecular weight is 193 g/mol. The Balaban J connectivity index is 2.43. The van der Waals surface area contributed by atoms with Gasteiger partial charge in [0.1, 0.15) is 0 Å². The van der Waals surface area contributed by atoms with Gasteiger partial charge in [0.05, 0.1) is 6.20 Å². The Labute approximate surface area is 85.8 Å². The van der Waals surface area contributed by atoms with E-state index in [2.05, 4.69) is 37.3 Å². The molecule has 0 aliphatic heterocycles. The second kappa shape index (κ2) is 4.96. The molecule has 1 atom stereocenters. The SMILES string of the molecule is CC(C)=CCNC(C)c1cnn(C)c1. The molecule has 1 rings (SSSR count). The normalized spacial score (nSPS) is 12.6. The molecule has 0 bridgehead atoms. The summed E-state index contributed by atoms with van der Waals surface area (Å²) in [6, 6.07) is 0.360. The molecule has 1 aromatic heterocycles. The van der Waals surface area contributed by atoms with Crippen LogP contribution in [0.25, 0.3) is 0 Å². The molecular formula is C11H19N3. The fourth-order valence-electron chi connectivity index (χ4n) is 1.22. The lowest BCUT2D eigenvalue weighted by Crippen LogP contribution is -2.18. The molecule has 0 spiro atoms. The minimum Gasteiger partial charge on any atom is -0.307 e. The van der Waals surface area contributed by atoms with E-state index in [-0.39, 0.29) is 0 Å². The van der Waals surface area contributed by atoms with Crippen LogP contribution in [0.5, 0.6) is 0 Å². The van der Waals surface area contributed by atoms with Gasteiger partial charge in [-0.3, -0.25) is 4.68 Å². The Morgan fingerprint density at radius 3 is 2.86 bits per heavy atom. The molecule has 14 heavy (non-hydrogen) atoms. The topological polar surface area (TPSA) is 29.9 Å². The van der Waals surface area contributed by atoms with Gasteiger partial charge in [-0.15, -0.1) is 0 Å². The van der Waals surface area contributed by atoms with Crippen LogP contribution in [0.3, 0.4) is 0 Å². The van der Waals surface area contributed by atoms with Crippen molar-refractivity contribution in [3.05, 3.63) is 29.6 Å². The Bertz CT molecular complexity index is 308. The van der Waals surface area contributed by atoms with E-state index in [9.17, 15) is 0 Å². The van der Waals surface area contributed by atoms with Crippen molar-refractivity contribution in [1.82, 2.24) is 15.1 Å². The largest absolute Gasteiger partial charge is 0.307 e. The predicted molar refractivity (Wildman–Crippen MR) is 59.1 cm³/mol. The summed E-state index contributed by atoms with van der Waals surface area (Å²) in [5.41, 5.74) is 2.57. The quantitative estimate of drug-likeness (QED) is 0.742. The molecule has 1 aromatic rings. The van der Waals surface area contributed by atoms with Crippen LogP contribution in [0.1, 0.15) is 32.4 Å². The molecule has 0 radical (unpaired) electrons. The zero-order chi connectivity index (χ0) is 10.6. The highest BCUT2D eigenvalue weighted by Gasteiger charge is 2.04. The van der Waals surface area contributed by atoms with Gasteiger partial charge < -0.3 is 5.32 Å². The van der Waals surface area contributed by atoms with Gasteiger partial charge in [-0.2, -0.15) is 5.10 Å². The molecular weight excluding hydrogens is 174 g/mol. The first-order valence-electron chi connectivity index (χ1n) is 4.95. The van der Waals surface area contributed by atoms with Crippen molar-refractivity contribution in [1.29, 1.82) is 0 Å². The van der Waals surface area contributed by atoms with Gasteiger partial charge in [0, 0.05) is 31.4 Å². The number of rotatable bonds is 4. The maximum Gasteiger partial charge on any atom is 0.0537 e. The molecule has 1 unspecified atom stereocenters. The summed E-state index contributed by atoms with van der Waals surface area (Å²) in [6.07, 6.45) is 6.13. The third-order valence-electron chi connectivity index (χ3n) is 2.16. The zero-order valence-corrected chi connectivity index (χ0v) is 9.41. The smallest absolute Gasteiger partial charge is 0.0537 e. The molecule has 0 saturated heterocycles. The van der Waals surface area contributed by atoms with E-state index >= 15 is 0 Å². The first-order chi connectivity index (χ1) is 6.59. The average Bonchev–Trinajstić information content (AvgIpc) is 2.51. The summed E-state index contributed by atoms with van der Waals surface area (Å²) in [4.78, 5) is 0. The molecule has 0 amide bonds. The highest BCUT2D eigenvalue weighted by atomic mass is 15.2. The summed E-state index contributed by atoms with van der Waals surface area (Å²) < 4.78 is 1.83. The molecule has 0 aliphatic rings. The van der Waals surface area contributed by atoms with Gasteiger partial charge in [-0.1, -0.05) is 11.6 Å². The van der Waals surface area contributed by atoms with Gasteiger partial charge in [-0.25, -0.2) is 0 Å². The van der Waals surface area contributed by atoms with Gasteiger partial charge in [0.15, 0.2) is 0 Å². The van der Waals surface area contributed by atoms with Crippen molar-refractivity contribution in [3.63, 3.8) is 0 Å². The number of aryl methyl sites for hydroxylation is 1. The Hall–Kier alpha value is -1.09.